The van der Waals surface area contributed by atoms with Gasteiger partial charge in [0, 0.05) is 19.0 Å². The van der Waals surface area contributed by atoms with Crippen LogP contribution in [0.2, 0.25) is 0 Å². The van der Waals surface area contributed by atoms with Crippen LogP contribution in [0.15, 0.2) is 12.2 Å². The van der Waals surface area contributed by atoms with Crippen LogP contribution in [-0.2, 0) is 4.79 Å². The van der Waals surface area contributed by atoms with E-state index < -0.39 is 0 Å². The number of amides is 1. The fraction of sp³-hybridized carbons (Fsp3) is 0.727. The normalized spacial score (nSPS) is 28.4. The van der Waals surface area contributed by atoms with Gasteiger partial charge >= 0.3 is 0 Å². The van der Waals surface area contributed by atoms with Crippen molar-refractivity contribution in [2.24, 2.45) is 5.92 Å². The molecule has 0 aromatic rings. The van der Waals surface area contributed by atoms with Crippen LogP contribution in [0, 0.1) is 5.92 Å². The number of carbonyl (C=O) groups excluding carboxylic acids is 1. The zero-order valence-electron chi connectivity index (χ0n) is 8.35. The molecule has 3 nitrogen and oxygen atoms in total. The summed E-state index contributed by atoms with van der Waals surface area (Å²) in [6, 6.07) is 0. The van der Waals surface area contributed by atoms with Crippen molar-refractivity contribution in [2.45, 2.75) is 31.8 Å². The number of aliphatic hydroxyl groups is 1. The molecule has 0 spiro atoms. The monoisotopic (exact) mass is 195 g/mol. The van der Waals surface area contributed by atoms with Crippen molar-refractivity contribution in [3.8, 4) is 0 Å². The largest absolute Gasteiger partial charge is 0.391 e. The van der Waals surface area contributed by atoms with Gasteiger partial charge in [-0.15, -0.1) is 0 Å². The fourth-order valence-electron chi connectivity index (χ4n) is 2.23. The Balaban J connectivity index is 1.90. The highest BCUT2D eigenvalue weighted by Crippen LogP contribution is 2.22. The Kier molecular flexibility index (Phi) is 2.87. The summed E-state index contributed by atoms with van der Waals surface area (Å²) in [7, 11) is 0. The lowest BCUT2D eigenvalue weighted by atomic mass is 10.0. The van der Waals surface area contributed by atoms with E-state index in [2.05, 4.69) is 12.2 Å². The van der Waals surface area contributed by atoms with Crippen molar-refractivity contribution in [2.75, 3.05) is 13.1 Å². The molecule has 14 heavy (non-hydrogen) atoms. The average molecular weight is 195 g/mol. The predicted octanol–water partition coefficient (Wildman–Crippen LogP) is 0.936. The van der Waals surface area contributed by atoms with Gasteiger partial charge < -0.3 is 10.0 Å². The van der Waals surface area contributed by atoms with Gasteiger partial charge in [-0.3, -0.25) is 4.79 Å². The minimum Gasteiger partial charge on any atom is -0.391 e. The summed E-state index contributed by atoms with van der Waals surface area (Å²) in [5.74, 6) is 0.383. The summed E-state index contributed by atoms with van der Waals surface area (Å²) < 4.78 is 0. The van der Waals surface area contributed by atoms with Gasteiger partial charge in [0.15, 0.2) is 0 Å². The van der Waals surface area contributed by atoms with E-state index in [0.717, 1.165) is 32.2 Å². The molecule has 3 heteroatoms. The van der Waals surface area contributed by atoms with Crippen molar-refractivity contribution in [1.29, 1.82) is 0 Å². The Morgan fingerprint density at radius 1 is 1.36 bits per heavy atom. The maximum atomic E-state index is 11.9. The van der Waals surface area contributed by atoms with E-state index >= 15 is 0 Å². The first-order valence-electron chi connectivity index (χ1n) is 5.39. The van der Waals surface area contributed by atoms with E-state index in [-0.39, 0.29) is 17.9 Å². The quantitative estimate of drug-likeness (QED) is 0.632. The van der Waals surface area contributed by atoms with Crippen LogP contribution in [0.3, 0.4) is 0 Å². The summed E-state index contributed by atoms with van der Waals surface area (Å²) in [5.41, 5.74) is 0. The van der Waals surface area contributed by atoms with Gasteiger partial charge in [-0.2, -0.15) is 0 Å². The number of allylic oxidation sites excluding steroid dienone is 2. The van der Waals surface area contributed by atoms with Crippen LogP contribution >= 0.6 is 0 Å². The first-order valence-corrected chi connectivity index (χ1v) is 5.39. The second kappa shape index (κ2) is 4.13. The number of piperidine rings is 1. The molecule has 0 bridgehead atoms. The number of rotatable bonds is 1. The molecular formula is C11H17NO2. The SMILES string of the molecule is O=C(C1CC=CC1)N1CCCC(O)C1. The van der Waals surface area contributed by atoms with Crippen LogP contribution in [-0.4, -0.2) is 35.1 Å². The summed E-state index contributed by atoms with van der Waals surface area (Å²) in [6.45, 7) is 1.36. The molecule has 0 aromatic heterocycles. The molecule has 2 aliphatic rings. The molecule has 0 saturated carbocycles. The fourth-order valence-corrected chi connectivity index (χ4v) is 2.23. The van der Waals surface area contributed by atoms with Crippen molar-refractivity contribution >= 4 is 5.91 Å². The number of hydrogen-bond donors (Lipinski definition) is 1. The van der Waals surface area contributed by atoms with Crippen LogP contribution in [0.25, 0.3) is 0 Å². The number of carbonyl (C=O) groups is 1. The van der Waals surface area contributed by atoms with E-state index in [9.17, 15) is 9.90 Å². The number of nitrogens with zero attached hydrogens (tertiary/aromatic N) is 1. The Hall–Kier alpha value is -0.830. The lowest BCUT2D eigenvalue weighted by molar-refractivity contribution is -0.138. The minimum absolute atomic E-state index is 0.153. The number of aliphatic hydroxyl groups excluding tert-OH is 1. The molecule has 1 aliphatic carbocycles. The standard InChI is InChI=1S/C11H17NO2/c13-10-6-3-7-12(8-10)11(14)9-4-1-2-5-9/h1-2,9-10,13H,3-8H2. The lowest BCUT2D eigenvalue weighted by Gasteiger charge is -2.32. The van der Waals surface area contributed by atoms with Crippen LogP contribution < -0.4 is 0 Å². The maximum Gasteiger partial charge on any atom is 0.226 e. The van der Waals surface area contributed by atoms with E-state index in [1.165, 1.54) is 0 Å². The highest BCUT2D eigenvalue weighted by molar-refractivity contribution is 5.79. The van der Waals surface area contributed by atoms with E-state index in [1.807, 2.05) is 4.90 Å². The number of hydrogen-bond acceptors (Lipinski definition) is 2. The van der Waals surface area contributed by atoms with E-state index in [1.54, 1.807) is 0 Å². The number of likely N-dealkylation sites (tertiary alicyclic amines) is 1. The van der Waals surface area contributed by atoms with Gasteiger partial charge in [0.05, 0.1) is 6.10 Å². The van der Waals surface area contributed by atoms with E-state index in [4.69, 9.17) is 0 Å². The van der Waals surface area contributed by atoms with Crippen LogP contribution in [0.5, 0.6) is 0 Å². The topological polar surface area (TPSA) is 40.5 Å². The molecule has 1 fully saturated rings. The highest BCUT2D eigenvalue weighted by Gasteiger charge is 2.28. The van der Waals surface area contributed by atoms with Gasteiger partial charge in [-0.25, -0.2) is 0 Å². The van der Waals surface area contributed by atoms with Gasteiger partial charge in [0.1, 0.15) is 0 Å². The van der Waals surface area contributed by atoms with Crippen molar-refractivity contribution in [3.05, 3.63) is 12.2 Å². The molecule has 1 N–H and O–H groups in total. The molecule has 1 atom stereocenters. The summed E-state index contributed by atoms with van der Waals surface area (Å²) >= 11 is 0. The first-order chi connectivity index (χ1) is 6.77. The Bertz CT molecular complexity index is 242. The lowest BCUT2D eigenvalue weighted by Crippen LogP contribution is -2.44. The molecule has 0 radical (unpaired) electrons. The molecule has 78 valence electrons. The van der Waals surface area contributed by atoms with Gasteiger partial charge in [0.25, 0.3) is 0 Å². The second-order valence-electron chi connectivity index (χ2n) is 4.22. The predicted molar refractivity (Wildman–Crippen MR) is 53.7 cm³/mol. The molecule has 1 amide bonds. The van der Waals surface area contributed by atoms with Crippen LogP contribution in [0.4, 0.5) is 0 Å². The van der Waals surface area contributed by atoms with Gasteiger partial charge in [-0.05, 0) is 25.7 Å². The van der Waals surface area contributed by atoms with Crippen molar-refractivity contribution in [1.82, 2.24) is 4.90 Å². The molecule has 0 aromatic carbocycles. The Morgan fingerprint density at radius 3 is 2.71 bits per heavy atom. The Labute approximate surface area is 84.4 Å². The molecule has 2 rings (SSSR count). The Morgan fingerprint density at radius 2 is 2.07 bits per heavy atom. The van der Waals surface area contributed by atoms with Crippen LogP contribution in [0.1, 0.15) is 25.7 Å². The van der Waals surface area contributed by atoms with E-state index in [0.29, 0.717) is 6.54 Å². The molecule has 1 unspecified atom stereocenters. The number of β-amino-alcohol motifs (C(OH)–C–C–N with tert-alkyl or cyclic N) is 1. The highest BCUT2D eigenvalue weighted by atomic mass is 16.3. The molecule has 1 heterocycles. The second-order valence-corrected chi connectivity index (χ2v) is 4.22. The van der Waals surface area contributed by atoms with Crippen molar-refractivity contribution in [3.63, 3.8) is 0 Å². The molecular weight excluding hydrogens is 178 g/mol. The zero-order valence-corrected chi connectivity index (χ0v) is 8.35. The third kappa shape index (κ3) is 1.98. The zero-order chi connectivity index (χ0) is 9.97. The first kappa shape index (κ1) is 9.71. The van der Waals surface area contributed by atoms with Crippen molar-refractivity contribution < 1.29 is 9.90 Å². The van der Waals surface area contributed by atoms with Gasteiger partial charge in [0.2, 0.25) is 5.91 Å². The summed E-state index contributed by atoms with van der Waals surface area (Å²) in [4.78, 5) is 13.7. The third-order valence-electron chi connectivity index (χ3n) is 3.07. The van der Waals surface area contributed by atoms with Gasteiger partial charge in [-0.1, -0.05) is 12.2 Å². The summed E-state index contributed by atoms with van der Waals surface area (Å²) in [5, 5.41) is 9.46. The summed E-state index contributed by atoms with van der Waals surface area (Å²) in [6.07, 6.45) is 7.38. The smallest absolute Gasteiger partial charge is 0.226 e. The average Bonchev–Trinajstić information content (AvgIpc) is 2.69. The molecule has 1 aliphatic heterocycles. The maximum absolute atomic E-state index is 11.9. The third-order valence-corrected chi connectivity index (χ3v) is 3.07. The molecule has 1 saturated heterocycles. The minimum atomic E-state index is -0.304.